The molecule has 0 heterocycles. The zero-order chi connectivity index (χ0) is 10.0. The van der Waals surface area contributed by atoms with Gasteiger partial charge in [0.15, 0.2) is 0 Å². The van der Waals surface area contributed by atoms with Crippen molar-refractivity contribution >= 4 is 22.7 Å². The van der Waals surface area contributed by atoms with Gasteiger partial charge in [-0.05, 0) is 12.5 Å². The second kappa shape index (κ2) is 3.43. The number of nitrogen functional groups attached to an aromatic ring is 4. The molecule has 0 aliphatic rings. The molecule has 0 aliphatic carbocycles. The molecule has 1 rings (SSSR count). The number of hydrogen-bond donors (Lipinski definition) is 4. The van der Waals surface area contributed by atoms with Crippen LogP contribution in [0.5, 0.6) is 0 Å². The van der Waals surface area contributed by atoms with Crippen molar-refractivity contribution in [2.45, 2.75) is 19.8 Å². The number of benzene rings is 1. The Morgan fingerprint density at radius 1 is 1.00 bits per heavy atom. The zero-order valence-electron chi connectivity index (χ0n) is 7.80. The summed E-state index contributed by atoms with van der Waals surface area (Å²) in [5.41, 5.74) is 25.9. The Kier molecular flexibility index (Phi) is 2.51. The first-order valence-corrected chi connectivity index (χ1v) is 4.29. The molecule has 0 amide bonds. The molecule has 4 heteroatoms. The van der Waals surface area contributed by atoms with Gasteiger partial charge in [0.2, 0.25) is 0 Å². The summed E-state index contributed by atoms with van der Waals surface area (Å²) >= 11 is 0. The van der Waals surface area contributed by atoms with E-state index in [-0.39, 0.29) is 0 Å². The highest BCUT2D eigenvalue weighted by Gasteiger charge is 2.09. The van der Waals surface area contributed by atoms with Crippen molar-refractivity contribution in [2.24, 2.45) is 0 Å². The van der Waals surface area contributed by atoms with Gasteiger partial charge in [0.05, 0.1) is 22.7 Å². The quantitative estimate of drug-likeness (QED) is 0.509. The van der Waals surface area contributed by atoms with Gasteiger partial charge in [-0.15, -0.1) is 0 Å². The normalized spacial score (nSPS) is 10.2. The van der Waals surface area contributed by atoms with Gasteiger partial charge in [0.25, 0.3) is 0 Å². The van der Waals surface area contributed by atoms with Crippen molar-refractivity contribution in [3.8, 4) is 0 Å². The standard InChI is InChI=1S/C9H16N4/c1-2-3-5-8(12)6(10)4-7(11)9(5)13/h4H,2-3,10-13H2,1H3. The van der Waals surface area contributed by atoms with Crippen LogP contribution in [0.1, 0.15) is 18.9 Å². The Hall–Kier alpha value is -1.58. The molecule has 0 saturated carbocycles. The lowest BCUT2D eigenvalue weighted by Gasteiger charge is -2.12. The van der Waals surface area contributed by atoms with E-state index in [9.17, 15) is 0 Å². The van der Waals surface area contributed by atoms with E-state index in [2.05, 4.69) is 6.92 Å². The van der Waals surface area contributed by atoms with Gasteiger partial charge < -0.3 is 22.9 Å². The van der Waals surface area contributed by atoms with Crippen molar-refractivity contribution in [1.29, 1.82) is 0 Å². The number of rotatable bonds is 2. The minimum atomic E-state index is 0.509. The SMILES string of the molecule is CCCc1c(N)c(N)cc(N)c1N. The van der Waals surface area contributed by atoms with Gasteiger partial charge in [-0.2, -0.15) is 0 Å². The van der Waals surface area contributed by atoms with E-state index >= 15 is 0 Å². The Morgan fingerprint density at radius 3 is 1.85 bits per heavy atom. The number of hydrogen-bond acceptors (Lipinski definition) is 4. The van der Waals surface area contributed by atoms with E-state index in [0.717, 1.165) is 18.4 Å². The summed E-state index contributed by atoms with van der Waals surface area (Å²) in [6, 6.07) is 1.60. The number of anilines is 4. The third kappa shape index (κ3) is 1.61. The third-order valence-corrected chi connectivity index (χ3v) is 2.08. The fraction of sp³-hybridized carbons (Fsp3) is 0.333. The predicted molar refractivity (Wildman–Crippen MR) is 58.1 cm³/mol. The van der Waals surface area contributed by atoms with E-state index in [1.54, 1.807) is 6.07 Å². The zero-order valence-corrected chi connectivity index (χ0v) is 7.80. The maximum absolute atomic E-state index is 5.78. The highest BCUT2D eigenvalue weighted by atomic mass is 14.7. The first kappa shape index (κ1) is 9.51. The lowest BCUT2D eigenvalue weighted by molar-refractivity contribution is 0.927. The molecule has 4 nitrogen and oxygen atoms in total. The van der Waals surface area contributed by atoms with E-state index in [4.69, 9.17) is 22.9 Å². The van der Waals surface area contributed by atoms with Gasteiger partial charge >= 0.3 is 0 Å². The molecule has 1 aromatic carbocycles. The van der Waals surface area contributed by atoms with Crippen LogP contribution in [0.25, 0.3) is 0 Å². The molecular weight excluding hydrogens is 164 g/mol. The average molecular weight is 180 g/mol. The van der Waals surface area contributed by atoms with Crippen LogP contribution in [0.2, 0.25) is 0 Å². The summed E-state index contributed by atoms with van der Waals surface area (Å²) in [4.78, 5) is 0. The minimum Gasteiger partial charge on any atom is -0.397 e. The minimum absolute atomic E-state index is 0.509. The fourth-order valence-electron chi connectivity index (χ4n) is 1.34. The maximum atomic E-state index is 5.78. The smallest absolute Gasteiger partial charge is 0.0602 e. The van der Waals surface area contributed by atoms with Crippen LogP contribution in [0.15, 0.2) is 6.07 Å². The van der Waals surface area contributed by atoms with Crippen LogP contribution >= 0.6 is 0 Å². The maximum Gasteiger partial charge on any atom is 0.0602 e. The van der Waals surface area contributed by atoms with Crippen molar-refractivity contribution < 1.29 is 0 Å². The second-order valence-corrected chi connectivity index (χ2v) is 3.11. The molecule has 13 heavy (non-hydrogen) atoms. The van der Waals surface area contributed by atoms with Crippen LogP contribution in [0, 0.1) is 0 Å². The summed E-state index contributed by atoms with van der Waals surface area (Å²) in [6.45, 7) is 2.05. The first-order valence-electron chi connectivity index (χ1n) is 4.29. The molecule has 0 atom stereocenters. The van der Waals surface area contributed by atoms with Crippen molar-refractivity contribution in [1.82, 2.24) is 0 Å². The van der Waals surface area contributed by atoms with E-state index in [0.29, 0.717) is 22.7 Å². The van der Waals surface area contributed by atoms with Gasteiger partial charge in [-0.3, -0.25) is 0 Å². The Balaban J connectivity index is 3.28. The molecule has 0 aliphatic heterocycles. The molecule has 0 bridgehead atoms. The molecule has 1 aromatic rings. The molecule has 0 aromatic heterocycles. The lowest BCUT2D eigenvalue weighted by Crippen LogP contribution is -2.07. The Bertz CT molecular complexity index is 294. The molecule has 0 radical (unpaired) electrons. The van der Waals surface area contributed by atoms with Gasteiger partial charge in [-0.1, -0.05) is 13.3 Å². The molecule has 72 valence electrons. The van der Waals surface area contributed by atoms with E-state index in [1.165, 1.54) is 0 Å². The van der Waals surface area contributed by atoms with Gasteiger partial charge in [-0.25, -0.2) is 0 Å². The van der Waals surface area contributed by atoms with Crippen LogP contribution in [-0.4, -0.2) is 0 Å². The van der Waals surface area contributed by atoms with Crippen LogP contribution in [0.3, 0.4) is 0 Å². The lowest BCUT2D eigenvalue weighted by atomic mass is 10.0. The third-order valence-electron chi connectivity index (χ3n) is 2.08. The topological polar surface area (TPSA) is 104 Å². The molecule has 0 saturated heterocycles. The molecule has 0 fully saturated rings. The first-order chi connectivity index (χ1) is 6.07. The largest absolute Gasteiger partial charge is 0.397 e. The van der Waals surface area contributed by atoms with Crippen LogP contribution in [-0.2, 0) is 6.42 Å². The Morgan fingerprint density at radius 2 is 1.46 bits per heavy atom. The van der Waals surface area contributed by atoms with Gasteiger partial charge in [0, 0.05) is 5.56 Å². The van der Waals surface area contributed by atoms with Gasteiger partial charge in [0.1, 0.15) is 0 Å². The highest BCUT2D eigenvalue weighted by molar-refractivity contribution is 5.83. The average Bonchev–Trinajstić information content (AvgIpc) is 2.09. The molecular formula is C9H16N4. The number of nitrogens with two attached hydrogens (primary N) is 4. The highest BCUT2D eigenvalue weighted by Crippen LogP contribution is 2.32. The fourth-order valence-corrected chi connectivity index (χ4v) is 1.34. The summed E-state index contributed by atoms with van der Waals surface area (Å²) < 4.78 is 0. The molecule has 0 spiro atoms. The predicted octanol–water partition coefficient (Wildman–Crippen LogP) is 0.968. The molecule has 0 unspecified atom stereocenters. The van der Waals surface area contributed by atoms with E-state index < -0.39 is 0 Å². The van der Waals surface area contributed by atoms with Crippen LogP contribution in [0.4, 0.5) is 22.7 Å². The van der Waals surface area contributed by atoms with Crippen LogP contribution < -0.4 is 22.9 Å². The molecule has 8 N–H and O–H groups in total. The second-order valence-electron chi connectivity index (χ2n) is 3.11. The Labute approximate surface area is 77.9 Å². The van der Waals surface area contributed by atoms with E-state index in [1.807, 2.05) is 0 Å². The summed E-state index contributed by atoms with van der Waals surface area (Å²) in [7, 11) is 0. The monoisotopic (exact) mass is 180 g/mol. The van der Waals surface area contributed by atoms with Crippen molar-refractivity contribution in [3.05, 3.63) is 11.6 Å². The van der Waals surface area contributed by atoms with Crippen molar-refractivity contribution in [2.75, 3.05) is 22.9 Å². The summed E-state index contributed by atoms with van der Waals surface area (Å²) in [6.07, 6.45) is 1.78. The van der Waals surface area contributed by atoms with Crippen molar-refractivity contribution in [3.63, 3.8) is 0 Å². The summed E-state index contributed by atoms with van der Waals surface area (Å²) in [5.74, 6) is 0. The summed E-state index contributed by atoms with van der Waals surface area (Å²) in [5, 5.41) is 0.